The van der Waals surface area contributed by atoms with E-state index in [0.29, 0.717) is 6.42 Å². The third kappa shape index (κ3) is 10.3. The highest BCUT2D eigenvalue weighted by Gasteiger charge is 2.49. The molecular formula is C23H42O13. The number of unbranched alkanes of at least 4 members (excludes halogenated alkanes) is 6. The lowest BCUT2D eigenvalue weighted by Gasteiger charge is -2.44. The molecule has 0 aromatic heterocycles. The van der Waals surface area contributed by atoms with E-state index in [1.807, 2.05) is 6.08 Å². The summed E-state index contributed by atoms with van der Waals surface area (Å²) in [5.74, 6) is -0.674. The highest BCUT2D eigenvalue weighted by atomic mass is 16.8. The predicted molar refractivity (Wildman–Crippen MR) is 123 cm³/mol. The number of carboxylic acid groups (broad SMARTS) is 1. The summed E-state index contributed by atoms with van der Waals surface area (Å²) >= 11 is 0. The Balaban J connectivity index is 0.000000426. The van der Waals surface area contributed by atoms with Crippen molar-refractivity contribution in [2.24, 2.45) is 0 Å². The average molecular weight is 527 g/mol. The van der Waals surface area contributed by atoms with Crippen LogP contribution < -0.4 is 0 Å². The van der Waals surface area contributed by atoms with Gasteiger partial charge in [-0.15, -0.1) is 6.58 Å². The molecule has 0 aliphatic carbocycles. The van der Waals surface area contributed by atoms with Crippen molar-refractivity contribution in [1.29, 1.82) is 0 Å². The quantitative estimate of drug-likeness (QED) is 0.0934. The van der Waals surface area contributed by atoms with Crippen LogP contribution in [-0.2, 0) is 19.0 Å². The van der Waals surface area contributed by atoms with Crippen LogP contribution in [0.15, 0.2) is 12.7 Å². The maximum atomic E-state index is 10.2. The Kier molecular flexibility index (Phi) is 15.8. The summed E-state index contributed by atoms with van der Waals surface area (Å²) in [6, 6.07) is 0. The van der Waals surface area contributed by atoms with Crippen LogP contribution in [0.3, 0.4) is 0 Å². The minimum atomic E-state index is -1.72. The number of aliphatic hydroxyl groups is 8. The molecular weight excluding hydrogens is 484 g/mol. The summed E-state index contributed by atoms with van der Waals surface area (Å²) in [5, 5.41) is 84.8. The third-order valence-electron chi connectivity index (χ3n) is 6.01. The van der Waals surface area contributed by atoms with E-state index >= 15 is 0 Å². The Morgan fingerprint density at radius 2 is 1.11 bits per heavy atom. The van der Waals surface area contributed by atoms with E-state index < -0.39 is 80.6 Å². The van der Waals surface area contributed by atoms with Gasteiger partial charge in [0.2, 0.25) is 0 Å². The molecule has 0 aromatic carbocycles. The predicted octanol–water partition coefficient (Wildman–Crippen LogP) is -2.02. The number of rotatable bonds is 13. The molecule has 2 rings (SSSR count). The number of hydrogen-bond donors (Lipinski definition) is 9. The van der Waals surface area contributed by atoms with E-state index in [4.69, 9.17) is 29.5 Å². The van der Waals surface area contributed by atoms with Gasteiger partial charge in [-0.25, -0.2) is 0 Å². The Bertz CT molecular complexity index is 583. The highest BCUT2D eigenvalue weighted by molar-refractivity contribution is 5.66. The van der Waals surface area contributed by atoms with Gasteiger partial charge in [0.15, 0.2) is 12.6 Å². The molecule has 13 heteroatoms. The maximum absolute atomic E-state index is 10.2. The molecule has 0 saturated carbocycles. The van der Waals surface area contributed by atoms with Crippen molar-refractivity contribution >= 4 is 5.97 Å². The van der Waals surface area contributed by atoms with Crippen molar-refractivity contribution in [3.8, 4) is 0 Å². The van der Waals surface area contributed by atoms with Gasteiger partial charge in [0.05, 0.1) is 13.2 Å². The SMILES string of the molecule is C=CCCCCCCCCC(=O)O.OC[C@H]1O[C@H](O[C@H]2O[C@H](CO)[C@@H](O)[C@H](O)[C@H]2O)[C@H](O)[C@@H](O)[C@@H]1O. The molecule has 36 heavy (non-hydrogen) atoms. The summed E-state index contributed by atoms with van der Waals surface area (Å²) < 4.78 is 15.3. The van der Waals surface area contributed by atoms with Crippen molar-refractivity contribution in [1.82, 2.24) is 0 Å². The number of hydrogen-bond acceptors (Lipinski definition) is 12. The van der Waals surface area contributed by atoms with Gasteiger partial charge < -0.3 is 60.2 Å². The van der Waals surface area contributed by atoms with Crippen molar-refractivity contribution in [2.45, 2.75) is 113 Å². The fourth-order valence-corrected chi connectivity index (χ4v) is 3.76. The number of ether oxygens (including phenoxy) is 3. The Morgan fingerprint density at radius 3 is 1.50 bits per heavy atom. The summed E-state index contributed by atoms with van der Waals surface area (Å²) in [6.07, 6.45) is -5.45. The van der Waals surface area contributed by atoms with Crippen LogP contribution in [0.2, 0.25) is 0 Å². The van der Waals surface area contributed by atoms with Gasteiger partial charge in [0.25, 0.3) is 0 Å². The van der Waals surface area contributed by atoms with Crippen molar-refractivity contribution in [3.05, 3.63) is 12.7 Å². The Labute approximate surface area is 210 Å². The van der Waals surface area contributed by atoms with Crippen LogP contribution >= 0.6 is 0 Å². The van der Waals surface area contributed by atoms with Crippen LogP contribution in [-0.4, -0.2) is 127 Å². The molecule has 2 aliphatic heterocycles. The van der Waals surface area contributed by atoms with Gasteiger partial charge in [-0.2, -0.15) is 0 Å². The third-order valence-corrected chi connectivity index (χ3v) is 6.01. The average Bonchev–Trinajstić information content (AvgIpc) is 2.86. The van der Waals surface area contributed by atoms with E-state index in [1.165, 1.54) is 25.7 Å². The molecule has 2 aliphatic rings. The first-order chi connectivity index (χ1) is 17.1. The molecule has 2 saturated heterocycles. The van der Waals surface area contributed by atoms with E-state index in [2.05, 4.69) is 6.58 Å². The summed E-state index contributed by atoms with van der Waals surface area (Å²) in [4.78, 5) is 10.2. The Hall–Kier alpha value is -1.23. The zero-order valence-corrected chi connectivity index (χ0v) is 20.3. The monoisotopic (exact) mass is 526 g/mol. The van der Waals surface area contributed by atoms with Gasteiger partial charge >= 0.3 is 5.97 Å². The van der Waals surface area contributed by atoms with Gasteiger partial charge in [0, 0.05) is 6.42 Å². The second-order valence-electron chi connectivity index (χ2n) is 8.87. The molecule has 0 unspecified atom stereocenters. The smallest absolute Gasteiger partial charge is 0.303 e. The van der Waals surface area contributed by atoms with Crippen LogP contribution in [0, 0.1) is 0 Å². The number of aliphatic carboxylic acids is 1. The standard InChI is InChI=1S/C12H22O11.C11H20O2/c13-1-3-5(15)7(17)9(19)11(21-3)23-12-10(20)8(18)6(16)4(2-14)22-12;1-2-3-4-5-6-7-8-9-10-11(12)13/h3-20H,1-2H2;2H,1,3-10H2,(H,12,13)/t3-,4-,5-,6-,7+,8+,9-,10-,11-,12-;/m1./s1. The van der Waals surface area contributed by atoms with Crippen LogP contribution in [0.25, 0.3) is 0 Å². The molecule has 13 nitrogen and oxygen atoms in total. The Morgan fingerprint density at radius 1 is 0.694 bits per heavy atom. The number of allylic oxidation sites excluding steroid dienone is 1. The van der Waals surface area contributed by atoms with Crippen molar-refractivity contribution in [3.63, 3.8) is 0 Å². The second kappa shape index (κ2) is 17.3. The first kappa shape index (κ1) is 32.8. The zero-order valence-electron chi connectivity index (χ0n) is 20.3. The lowest BCUT2D eigenvalue weighted by atomic mass is 9.98. The van der Waals surface area contributed by atoms with E-state index in [-0.39, 0.29) is 0 Å². The fraction of sp³-hybridized carbons (Fsp3) is 0.870. The minimum Gasteiger partial charge on any atom is -0.481 e. The highest BCUT2D eigenvalue weighted by Crippen LogP contribution is 2.27. The molecule has 9 N–H and O–H groups in total. The topological polar surface area (TPSA) is 227 Å². The van der Waals surface area contributed by atoms with E-state index in [0.717, 1.165) is 19.3 Å². The molecule has 2 fully saturated rings. The van der Waals surface area contributed by atoms with E-state index in [1.54, 1.807) is 0 Å². The number of carboxylic acids is 1. The minimum absolute atomic E-state index is 0.326. The summed E-state index contributed by atoms with van der Waals surface area (Å²) in [6.45, 7) is 2.33. The van der Waals surface area contributed by atoms with Crippen molar-refractivity contribution < 1.29 is 65.0 Å². The summed E-state index contributed by atoms with van der Waals surface area (Å²) in [7, 11) is 0. The fourth-order valence-electron chi connectivity index (χ4n) is 3.76. The molecule has 10 atom stereocenters. The molecule has 0 bridgehead atoms. The van der Waals surface area contributed by atoms with Crippen LogP contribution in [0.4, 0.5) is 0 Å². The first-order valence-corrected chi connectivity index (χ1v) is 12.2. The van der Waals surface area contributed by atoms with Gasteiger partial charge in [-0.3, -0.25) is 4.79 Å². The van der Waals surface area contributed by atoms with Gasteiger partial charge in [-0.05, 0) is 19.3 Å². The molecule has 0 radical (unpaired) electrons. The largest absolute Gasteiger partial charge is 0.481 e. The number of aliphatic hydroxyl groups excluding tert-OH is 8. The van der Waals surface area contributed by atoms with Gasteiger partial charge in [0.1, 0.15) is 48.8 Å². The molecule has 212 valence electrons. The lowest BCUT2D eigenvalue weighted by Crippen LogP contribution is -2.63. The first-order valence-electron chi connectivity index (χ1n) is 12.2. The molecule has 0 amide bonds. The molecule has 0 spiro atoms. The van der Waals surface area contributed by atoms with Crippen LogP contribution in [0.1, 0.15) is 51.4 Å². The zero-order chi connectivity index (χ0) is 27.3. The maximum Gasteiger partial charge on any atom is 0.303 e. The normalized spacial score (nSPS) is 36.6. The number of carbonyl (C=O) groups is 1. The van der Waals surface area contributed by atoms with Crippen LogP contribution in [0.5, 0.6) is 0 Å². The molecule has 2 heterocycles. The van der Waals surface area contributed by atoms with E-state index in [9.17, 15) is 35.4 Å². The molecule has 0 aromatic rings. The van der Waals surface area contributed by atoms with Crippen molar-refractivity contribution in [2.75, 3.05) is 13.2 Å². The lowest BCUT2D eigenvalue weighted by molar-refractivity contribution is -0.376. The second-order valence-corrected chi connectivity index (χ2v) is 8.87. The van der Waals surface area contributed by atoms with Gasteiger partial charge in [-0.1, -0.05) is 31.8 Å². The summed E-state index contributed by atoms with van der Waals surface area (Å²) in [5.41, 5.74) is 0.